The largest absolute Gasteiger partial charge is 0.399 e. The summed E-state index contributed by atoms with van der Waals surface area (Å²) in [6.45, 7) is 2.36. The molecule has 0 radical (unpaired) electrons. The summed E-state index contributed by atoms with van der Waals surface area (Å²) in [4.78, 5) is 14.6. The van der Waals surface area contributed by atoms with Gasteiger partial charge in [0, 0.05) is 30.4 Å². The van der Waals surface area contributed by atoms with E-state index in [2.05, 4.69) is 10.2 Å². The number of hydrogen-bond donors (Lipinski definition) is 2. The van der Waals surface area contributed by atoms with E-state index in [9.17, 15) is 4.79 Å². The summed E-state index contributed by atoms with van der Waals surface area (Å²) in [6.07, 6.45) is 8.21. The van der Waals surface area contributed by atoms with Gasteiger partial charge in [-0.25, -0.2) is 0 Å². The first kappa shape index (κ1) is 14.1. The van der Waals surface area contributed by atoms with Crippen molar-refractivity contribution in [2.24, 2.45) is 0 Å². The van der Waals surface area contributed by atoms with Crippen molar-refractivity contribution < 1.29 is 4.79 Å². The van der Waals surface area contributed by atoms with Gasteiger partial charge in [-0.15, -0.1) is 0 Å². The van der Waals surface area contributed by atoms with Crippen LogP contribution in [-0.2, 0) is 4.79 Å². The third kappa shape index (κ3) is 3.64. The maximum Gasteiger partial charge on any atom is 0.244 e. The molecule has 0 aromatic heterocycles. The zero-order valence-electron chi connectivity index (χ0n) is 12.3. The molecule has 2 atom stereocenters. The van der Waals surface area contributed by atoms with Gasteiger partial charge in [-0.3, -0.25) is 4.79 Å². The SMILES string of the molecule is Nc1ccc(/C=C/C(=O)NC2CCN3CCCC3C2)cc1. The van der Waals surface area contributed by atoms with Crippen molar-refractivity contribution in [2.45, 2.75) is 37.8 Å². The van der Waals surface area contributed by atoms with E-state index in [0.29, 0.717) is 12.1 Å². The molecule has 2 heterocycles. The molecule has 4 nitrogen and oxygen atoms in total. The predicted octanol–water partition coefficient (Wildman–Crippen LogP) is 2.02. The number of piperidine rings is 1. The van der Waals surface area contributed by atoms with E-state index in [1.54, 1.807) is 6.08 Å². The Hall–Kier alpha value is -1.81. The van der Waals surface area contributed by atoms with Crippen molar-refractivity contribution in [3.8, 4) is 0 Å². The summed E-state index contributed by atoms with van der Waals surface area (Å²) in [5.74, 6) is 0.00303. The average molecular weight is 285 g/mol. The molecule has 2 unspecified atom stereocenters. The zero-order valence-corrected chi connectivity index (χ0v) is 12.3. The van der Waals surface area contributed by atoms with Gasteiger partial charge >= 0.3 is 0 Å². The second-order valence-corrected chi connectivity index (χ2v) is 6.06. The molecule has 3 N–H and O–H groups in total. The Morgan fingerprint density at radius 1 is 1.24 bits per heavy atom. The lowest BCUT2D eigenvalue weighted by molar-refractivity contribution is -0.117. The van der Waals surface area contributed by atoms with E-state index in [1.807, 2.05) is 30.3 Å². The van der Waals surface area contributed by atoms with Gasteiger partial charge in [-0.1, -0.05) is 12.1 Å². The first-order valence-electron chi connectivity index (χ1n) is 7.79. The predicted molar refractivity (Wildman–Crippen MR) is 85.6 cm³/mol. The number of anilines is 1. The van der Waals surface area contributed by atoms with Gasteiger partial charge in [0.15, 0.2) is 0 Å². The van der Waals surface area contributed by atoms with Gasteiger partial charge < -0.3 is 16.0 Å². The van der Waals surface area contributed by atoms with E-state index in [4.69, 9.17) is 5.73 Å². The van der Waals surface area contributed by atoms with Gasteiger partial charge in [-0.2, -0.15) is 0 Å². The molecule has 1 amide bonds. The van der Waals surface area contributed by atoms with Gasteiger partial charge in [0.2, 0.25) is 5.91 Å². The highest BCUT2D eigenvalue weighted by Gasteiger charge is 2.31. The van der Waals surface area contributed by atoms with Gasteiger partial charge in [-0.05, 0) is 56.0 Å². The van der Waals surface area contributed by atoms with Crippen molar-refractivity contribution in [1.29, 1.82) is 0 Å². The van der Waals surface area contributed by atoms with Crippen LogP contribution in [0.4, 0.5) is 5.69 Å². The number of nitrogens with zero attached hydrogens (tertiary/aromatic N) is 1. The molecule has 0 bridgehead atoms. The van der Waals surface area contributed by atoms with Crippen molar-refractivity contribution in [3.63, 3.8) is 0 Å². The second kappa shape index (κ2) is 6.31. The number of hydrogen-bond acceptors (Lipinski definition) is 3. The Morgan fingerprint density at radius 3 is 2.86 bits per heavy atom. The summed E-state index contributed by atoms with van der Waals surface area (Å²) < 4.78 is 0. The molecule has 4 heteroatoms. The van der Waals surface area contributed by atoms with E-state index >= 15 is 0 Å². The first-order chi connectivity index (χ1) is 10.2. The topological polar surface area (TPSA) is 58.4 Å². The van der Waals surface area contributed by atoms with Crippen LogP contribution >= 0.6 is 0 Å². The zero-order chi connectivity index (χ0) is 14.7. The molecule has 2 aliphatic heterocycles. The van der Waals surface area contributed by atoms with Gasteiger partial charge in [0.25, 0.3) is 0 Å². The van der Waals surface area contributed by atoms with Crippen molar-refractivity contribution in [1.82, 2.24) is 10.2 Å². The summed E-state index contributed by atoms with van der Waals surface area (Å²) in [5.41, 5.74) is 7.37. The van der Waals surface area contributed by atoms with Crippen LogP contribution in [0.25, 0.3) is 6.08 Å². The van der Waals surface area contributed by atoms with Crippen LogP contribution in [0.15, 0.2) is 30.3 Å². The minimum absolute atomic E-state index is 0.00303. The van der Waals surface area contributed by atoms with E-state index < -0.39 is 0 Å². The number of carbonyl (C=O) groups excluding carboxylic acids is 1. The second-order valence-electron chi connectivity index (χ2n) is 6.06. The molecular weight excluding hydrogens is 262 g/mol. The molecule has 112 valence electrons. The molecule has 2 aliphatic rings. The molecule has 0 saturated carbocycles. The standard InChI is InChI=1S/C17H23N3O/c18-14-6-3-13(4-7-14)5-8-17(21)19-15-9-11-20-10-1-2-16(20)12-15/h3-8,15-16H,1-2,9-12,18H2,(H,19,21)/b8-5+. The van der Waals surface area contributed by atoms with Crippen LogP contribution in [0, 0.1) is 0 Å². The monoisotopic (exact) mass is 285 g/mol. The Balaban J connectivity index is 1.51. The molecule has 0 spiro atoms. The minimum atomic E-state index is 0.00303. The van der Waals surface area contributed by atoms with E-state index in [0.717, 1.165) is 30.6 Å². The van der Waals surface area contributed by atoms with E-state index in [1.165, 1.54) is 19.4 Å². The smallest absolute Gasteiger partial charge is 0.244 e. The number of amides is 1. The Bertz CT molecular complexity index is 523. The Labute approximate surface area is 126 Å². The number of nitrogens with one attached hydrogen (secondary N) is 1. The molecule has 1 aromatic carbocycles. The highest BCUT2D eigenvalue weighted by molar-refractivity contribution is 5.91. The summed E-state index contributed by atoms with van der Waals surface area (Å²) in [5, 5.41) is 3.14. The summed E-state index contributed by atoms with van der Waals surface area (Å²) in [6, 6.07) is 8.52. The van der Waals surface area contributed by atoms with Crippen LogP contribution < -0.4 is 11.1 Å². The van der Waals surface area contributed by atoms with Crippen LogP contribution in [0.5, 0.6) is 0 Å². The molecule has 2 fully saturated rings. The van der Waals surface area contributed by atoms with Crippen molar-refractivity contribution in [2.75, 3.05) is 18.8 Å². The maximum atomic E-state index is 12.0. The van der Waals surface area contributed by atoms with Crippen molar-refractivity contribution in [3.05, 3.63) is 35.9 Å². The van der Waals surface area contributed by atoms with Crippen LogP contribution in [0.2, 0.25) is 0 Å². The number of nitrogens with two attached hydrogens (primary N) is 1. The number of benzene rings is 1. The molecule has 3 rings (SSSR count). The molecule has 2 saturated heterocycles. The Morgan fingerprint density at radius 2 is 2.05 bits per heavy atom. The quantitative estimate of drug-likeness (QED) is 0.660. The van der Waals surface area contributed by atoms with Gasteiger partial charge in [0.05, 0.1) is 0 Å². The Kier molecular flexibility index (Phi) is 4.25. The van der Waals surface area contributed by atoms with Crippen LogP contribution in [0.1, 0.15) is 31.2 Å². The first-order valence-corrected chi connectivity index (χ1v) is 7.79. The van der Waals surface area contributed by atoms with Crippen LogP contribution in [-0.4, -0.2) is 36.0 Å². The fourth-order valence-electron chi connectivity index (χ4n) is 3.38. The van der Waals surface area contributed by atoms with Crippen LogP contribution in [0.3, 0.4) is 0 Å². The summed E-state index contributed by atoms with van der Waals surface area (Å²) in [7, 11) is 0. The normalized spacial score (nSPS) is 25.9. The fraction of sp³-hybridized carbons (Fsp3) is 0.471. The highest BCUT2D eigenvalue weighted by atomic mass is 16.1. The summed E-state index contributed by atoms with van der Waals surface area (Å²) >= 11 is 0. The van der Waals surface area contributed by atoms with E-state index in [-0.39, 0.29) is 5.91 Å². The highest BCUT2D eigenvalue weighted by Crippen LogP contribution is 2.26. The molecule has 1 aromatic rings. The average Bonchev–Trinajstić information content (AvgIpc) is 2.94. The lowest BCUT2D eigenvalue weighted by atomic mass is 9.97. The number of nitrogen functional groups attached to an aromatic ring is 1. The van der Waals surface area contributed by atoms with Crippen molar-refractivity contribution >= 4 is 17.7 Å². The third-order valence-electron chi connectivity index (χ3n) is 4.53. The maximum absolute atomic E-state index is 12.0. The number of rotatable bonds is 3. The minimum Gasteiger partial charge on any atom is -0.399 e. The number of carbonyl (C=O) groups is 1. The molecule has 0 aliphatic carbocycles. The van der Waals surface area contributed by atoms with Gasteiger partial charge in [0.1, 0.15) is 0 Å². The lowest BCUT2D eigenvalue weighted by Gasteiger charge is -2.34. The fourth-order valence-corrected chi connectivity index (χ4v) is 3.38. The number of fused-ring (bicyclic) bond motifs is 1. The molecular formula is C17H23N3O. The molecule has 21 heavy (non-hydrogen) atoms. The lowest BCUT2D eigenvalue weighted by Crippen LogP contribution is -2.47. The third-order valence-corrected chi connectivity index (χ3v) is 4.53.